The van der Waals surface area contributed by atoms with E-state index in [1.54, 1.807) is 24.3 Å². The van der Waals surface area contributed by atoms with Crippen molar-refractivity contribution in [2.45, 2.75) is 31.7 Å². The zero-order valence-corrected chi connectivity index (χ0v) is 19.7. The maximum absolute atomic E-state index is 13.2. The molecule has 0 aromatic heterocycles. The summed E-state index contributed by atoms with van der Waals surface area (Å²) in [4.78, 5) is 28.2. The normalized spacial score (nSPS) is 14.2. The van der Waals surface area contributed by atoms with Crippen molar-refractivity contribution in [3.63, 3.8) is 0 Å². The number of anilines is 3. The number of benzene rings is 3. The summed E-state index contributed by atoms with van der Waals surface area (Å²) in [5, 5.41) is 9.10. The molecule has 0 bridgehead atoms. The lowest BCUT2D eigenvalue weighted by Gasteiger charge is -2.29. The first kappa shape index (κ1) is 23.6. The second kappa shape index (κ2) is 11.6. The van der Waals surface area contributed by atoms with Gasteiger partial charge in [-0.05, 0) is 73.4 Å². The molecule has 3 N–H and O–H groups in total. The first-order chi connectivity index (χ1) is 16.6. The summed E-state index contributed by atoms with van der Waals surface area (Å²) in [5.41, 5.74) is 3.41. The smallest absolute Gasteiger partial charge is 0.319 e. The minimum Gasteiger partial charge on any atom is -0.372 e. The van der Waals surface area contributed by atoms with E-state index < -0.39 is 12.1 Å². The number of piperidine rings is 1. The van der Waals surface area contributed by atoms with E-state index in [0.29, 0.717) is 22.8 Å². The van der Waals surface area contributed by atoms with E-state index in [1.165, 1.54) is 24.9 Å². The van der Waals surface area contributed by atoms with Crippen molar-refractivity contribution in [2.24, 2.45) is 0 Å². The molecule has 34 heavy (non-hydrogen) atoms. The second-order valence-corrected chi connectivity index (χ2v) is 8.87. The van der Waals surface area contributed by atoms with Crippen LogP contribution in [0.3, 0.4) is 0 Å². The van der Waals surface area contributed by atoms with E-state index in [-0.39, 0.29) is 5.91 Å². The van der Waals surface area contributed by atoms with Crippen LogP contribution in [-0.4, -0.2) is 31.1 Å². The van der Waals surface area contributed by atoms with Gasteiger partial charge in [-0.1, -0.05) is 41.9 Å². The maximum Gasteiger partial charge on any atom is 0.319 e. The van der Waals surface area contributed by atoms with Crippen LogP contribution >= 0.6 is 11.6 Å². The third kappa shape index (κ3) is 6.75. The Morgan fingerprint density at radius 2 is 1.41 bits per heavy atom. The number of nitrogens with zero attached hydrogens (tertiary/aromatic N) is 1. The van der Waals surface area contributed by atoms with Crippen LogP contribution in [0.15, 0.2) is 78.9 Å². The lowest BCUT2D eigenvalue weighted by molar-refractivity contribution is -0.117. The molecule has 0 unspecified atom stereocenters. The van der Waals surface area contributed by atoms with Gasteiger partial charge in [0.15, 0.2) is 0 Å². The number of carbonyl (C=O) groups excluding carboxylic acids is 2. The lowest BCUT2D eigenvalue weighted by Crippen LogP contribution is -2.46. The Labute approximate surface area is 205 Å². The summed E-state index contributed by atoms with van der Waals surface area (Å²) in [7, 11) is 0. The summed E-state index contributed by atoms with van der Waals surface area (Å²) in [6.07, 6.45) is 4.07. The van der Waals surface area contributed by atoms with Gasteiger partial charge >= 0.3 is 6.03 Å². The molecule has 3 aromatic rings. The molecule has 3 amide bonds. The van der Waals surface area contributed by atoms with Crippen LogP contribution in [0, 0.1) is 0 Å². The van der Waals surface area contributed by atoms with Crippen molar-refractivity contribution in [1.29, 1.82) is 0 Å². The molecule has 0 saturated carbocycles. The minimum absolute atomic E-state index is 0.277. The van der Waals surface area contributed by atoms with Crippen LogP contribution in [-0.2, 0) is 11.2 Å². The van der Waals surface area contributed by atoms with Crippen molar-refractivity contribution in [1.82, 2.24) is 5.32 Å². The highest BCUT2D eigenvalue weighted by Gasteiger charge is 2.22. The molecule has 0 spiro atoms. The molecule has 1 fully saturated rings. The molecular formula is C27H29ClN4O2. The van der Waals surface area contributed by atoms with Crippen LogP contribution in [0.4, 0.5) is 21.9 Å². The van der Waals surface area contributed by atoms with E-state index in [0.717, 1.165) is 18.7 Å². The maximum atomic E-state index is 13.2. The van der Waals surface area contributed by atoms with Crippen molar-refractivity contribution >= 4 is 40.6 Å². The minimum atomic E-state index is -0.753. The zero-order valence-electron chi connectivity index (χ0n) is 19.0. The number of amides is 3. The van der Waals surface area contributed by atoms with E-state index in [1.807, 2.05) is 54.6 Å². The molecule has 176 valence electrons. The fourth-order valence-electron chi connectivity index (χ4n) is 4.05. The van der Waals surface area contributed by atoms with E-state index in [4.69, 9.17) is 11.6 Å². The Morgan fingerprint density at radius 3 is 2.09 bits per heavy atom. The molecule has 7 heteroatoms. The first-order valence-electron chi connectivity index (χ1n) is 11.6. The van der Waals surface area contributed by atoms with Gasteiger partial charge < -0.3 is 20.9 Å². The highest BCUT2D eigenvalue weighted by molar-refractivity contribution is 6.30. The summed E-state index contributed by atoms with van der Waals surface area (Å²) < 4.78 is 0. The number of halogens is 1. The van der Waals surface area contributed by atoms with Gasteiger partial charge in [-0.25, -0.2) is 4.79 Å². The summed E-state index contributed by atoms with van der Waals surface area (Å²) >= 11 is 5.91. The van der Waals surface area contributed by atoms with Crippen LogP contribution in [0.2, 0.25) is 5.02 Å². The summed E-state index contributed by atoms with van der Waals surface area (Å²) in [6, 6.07) is 23.1. The molecule has 1 saturated heterocycles. The average Bonchev–Trinajstić information content (AvgIpc) is 2.87. The Balaban J connectivity index is 1.42. The number of hydrogen-bond acceptors (Lipinski definition) is 3. The third-order valence-corrected chi connectivity index (χ3v) is 6.11. The van der Waals surface area contributed by atoms with Crippen molar-refractivity contribution < 1.29 is 9.59 Å². The van der Waals surface area contributed by atoms with Gasteiger partial charge in [0.05, 0.1) is 0 Å². The number of carbonyl (C=O) groups is 2. The van der Waals surface area contributed by atoms with Crippen LogP contribution in [0.5, 0.6) is 0 Å². The second-order valence-electron chi connectivity index (χ2n) is 8.43. The lowest BCUT2D eigenvalue weighted by atomic mass is 10.1. The van der Waals surface area contributed by atoms with Gasteiger partial charge in [0.25, 0.3) is 0 Å². The predicted octanol–water partition coefficient (Wildman–Crippen LogP) is 5.70. The van der Waals surface area contributed by atoms with Gasteiger partial charge in [-0.3, -0.25) is 4.79 Å². The predicted molar refractivity (Wildman–Crippen MR) is 139 cm³/mol. The molecule has 6 nitrogen and oxygen atoms in total. The first-order valence-corrected chi connectivity index (χ1v) is 12.0. The molecule has 4 rings (SSSR count). The third-order valence-electron chi connectivity index (χ3n) is 5.86. The van der Waals surface area contributed by atoms with Crippen LogP contribution in [0.1, 0.15) is 24.8 Å². The van der Waals surface area contributed by atoms with Gasteiger partial charge in [0.1, 0.15) is 6.04 Å². The van der Waals surface area contributed by atoms with Gasteiger partial charge in [0.2, 0.25) is 5.91 Å². The van der Waals surface area contributed by atoms with Crippen LogP contribution in [0.25, 0.3) is 0 Å². The molecule has 1 heterocycles. The van der Waals surface area contributed by atoms with Gasteiger partial charge in [0, 0.05) is 41.6 Å². The highest BCUT2D eigenvalue weighted by Crippen LogP contribution is 2.22. The van der Waals surface area contributed by atoms with Gasteiger partial charge in [-0.15, -0.1) is 0 Å². The van der Waals surface area contributed by atoms with E-state index in [2.05, 4.69) is 20.9 Å². The Morgan fingerprint density at radius 1 is 0.794 bits per heavy atom. The largest absolute Gasteiger partial charge is 0.372 e. The SMILES string of the molecule is O=C(Nc1ccc(Cl)cc1)N[C@H](Cc1ccccc1)C(=O)Nc1ccc(N2CCCCC2)cc1. The fourth-order valence-corrected chi connectivity index (χ4v) is 4.18. The standard InChI is InChI=1S/C27H29ClN4O2/c28-21-9-11-23(12-10-21)30-27(34)31-25(19-20-7-3-1-4-8-20)26(33)29-22-13-15-24(16-14-22)32-17-5-2-6-18-32/h1,3-4,7-16,25H,2,5-6,17-19H2,(H,29,33)(H2,30,31,34)/t25-/m1/s1. The highest BCUT2D eigenvalue weighted by atomic mass is 35.5. The van der Waals surface area contributed by atoms with Crippen molar-refractivity contribution in [3.05, 3.63) is 89.4 Å². The van der Waals surface area contributed by atoms with E-state index >= 15 is 0 Å². The Kier molecular flexibility index (Phi) is 8.04. The molecular weight excluding hydrogens is 448 g/mol. The monoisotopic (exact) mass is 476 g/mol. The fraction of sp³-hybridized carbons (Fsp3) is 0.259. The number of nitrogens with one attached hydrogen (secondary N) is 3. The Hall–Kier alpha value is -3.51. The number of urea groups is 1. The van der Waals surface area contributed by atoms with Crippen molar-refractivity contribution in [2.75, 3.05) is 28.6 Å². The molecule has 3 aromatic carbocycles. The quantitative estimate of drug-likeness (QED) is 0.409. The molecule has 1 aliphatic rings. The van der Waals surface area contributed by atoms with Crippen molar-refractivity contribution in [3.8, 4) is 0 Å². The number of rotatable bonds is 7. The molecule has 0 aliphatic carbocycles. The van der Waals surface area contributed by atoms with Gasteiger partial charge in [-0.2, -0.15) is 0 Å². The average molecular weight is 477 g/mol. The van der Waals surface area contributed by atoms with Crippen LogP contribution < -0.4 is 20.9 Å². The molecule has 1 aliphatic heterocycles. The topological polar surface area (TPSA) is 73.5 Å². The molecule has 0 radical (unpaired) electrons. The van der Waals surface area contributed by atoms with E-state index in [9.17, 15) is 9.59 Å². The number of hydrogen-bond donors (Lipinski definition) is 3. The Bertz CT molecular complexity index is 1080. The zero-order chi connectivity index (χ0) is 23.8. The molecule has 1 atom stereocenters. The summed E-state index contributed by atoms with van der Waals surface area (Å²) in [5.74, 6) is -0.277. The summed E-state index contributed by atoms with van der Waals surface area (Å²) in [6.45, 7) is 2.13.